The monoisotopic (exact) mass is 446 g/mol. The molecule has 1 aliphatic rings. The molecule has 2 aromatic carbocycles. The average Bonchev–Trinajstić information content (AvgIpc) is 3.04. The molecule has 1 heterocycles. The Morgan fingerprint density at radius 1 is 1.23 bits per heavy atom. The topological polar surface area (TPSA) is 102 Å². The Kier molecular flexibility index (Phi) is 6.66. The van der Waals surface area contributed by atoms with E-state index in [0.29, 0.717) is 35.3 Å². The van der Waals surface area contributed by atoms with E-state index in [2.05, 4.69) is 23.0 Å². The summed E-state index contributed by atoms with van der Waals surface area (Å²) in [6.45, 7) is 2.99. The van der Waals surface area contributed by atoms with Crippen LogP contribution in [-0.2, 0) is 14.8 Å². The van der Waals surface area contributed by atoms with Crippen molar-refractivity contribution in [3.8, 4) is 17.2 Å². The molecule has 3 rings (SSSR count). The van der Waals surface area contributed by atoms with E-state index >= 15 is 0 Å². The van der Waals surface area contributed by atoms with E-state index in [1.165, 1.54) is 0 Å². The van der Waals surface area contributed by atoms with Gasteiger partial charge in [0.05, 0.1) is 35.6 Å². The Hall–Kier alpha value is -2.60. The van der Waals surface area contributed by atoms with Crippen molar-refractivity contribution in [3.05, 3.63) is 47.5 Å². The minimum absolute atomic E-state index is 0.179. The highest BCUT2D eigenvalue weighted by atomic mass is 35.5. The first-order valence-electron chi connectivity index (χ1n) is 9.46. The molecule has 2 N–H and O–H groups in total. The molecule has 2 atom stereocenters. The molecular formula is C21H23ClN4O3S. The van der Waals surface area contributed by atoms with Crippen LogP contribution in [0.15, 0.2) is 42.5 Å². The Morgan fingerprint density at radius 3 is 2.53 bits per heavy atom. The maximum Gasteiger partial charge on any atom is 0.241 e. The molecule has 0 spiro atoms. The number of benzene rings is 2. The van der Waals surface area contributed by atoms with Crippen molar-refractivity contribution in [2.75, 3.05) is 29.4 Å². The van der Waals surface area contributed by atoms with Crippen molar-refractivity contribution < 1.29 is 13.2 Å². The van der Waals surface area contributed by atoms with E-state index in [1.807, 2.05) is 11.0 Å². The molecule has 2 aromatic rings. The molecule has 0 unspecified atom stereocenters. The average molecular weight is 447 g/mol. The van der Waals surface area contributed by atoms with Crippen LogP contribution in [0, 0.1) is 17.2 Å². The van der Waals surface area contributed by atoms with Crippen LogP contribution in [0.5, 0.6) is 0 Å². The fraction of sp³-hybridized carbons (Fsp3) is 0.333. The zero-order valence-corrected chi connectivity index (χ0v) is 18.3. The molecule has 7 nitrogen and oxygen atoms in total. The number of carbonyl (C=O) groups excluding carboxylic acids is 1. The van der Waals surface area contributed by atoms with Gasteiger partial charge in [0.25, 0.3) is 0 Å². The molecule has 1 fully saturated rings. The van der Waals surface area contributed by atoms with E-state index < -0.39 is 10.0 Å². The highest BCUT2D eigenvalue weighted by Gasteiger charge is 2.34. The number of likely N-dealkylation sites (tertiary alicyclic amines) is 1. The molecule has 0 aromatic heterocycles. The SMILES string of the molecule is C[C@H]1C[C@@H](C(=O)Nc2cc(-c3ccc(NS(C)(=O)=O)cc3)ccc2Cl)N(CC#N)C1. The zero-order chi connectivity index (χ0) is 21.9. The summed E-state index contributed by atoms with van der Waals surface area (Å²) in [5.41, 5.74) is 2.64. The highest BCUT2D eigenvalue weighted by Crippen LogP contribution is 2.31. The van der Waals surface area contributed by atoms with Crippen LogP contribution in [0.25, 0.3) is 11.1 Å². The molecule has 1 amide bonds. The maximum atomic E-state index is 12.8. The lowest BCUT2D eigenvalue weighted by atomic mass is 10.0. The summed E-state index contributed by atoms with van der Waals surface area (Å²) >= 11 is 6.30. The second-order valence-electron chi connectivity index (χ2n) is 7.58. The van der Waals surface area contributed by atoms with Crippen molar-refractivity contribution in [2.24, 2.45) is 5.92 Å². The van der Waals surface area contributed by atoms with Crippen LogP contribution in [0.4, 0.5) is 11.4 Å². The Morgan fingerprint density at radius 2 is 1.90 bits per heavy atom. The predicted octanol–water partition coefficient (Wildman–Crippen LogP) is 3.55. The molecule has 9 heteroatoms. The number of sulfonamides is 1. The number of rotatable bonds is 6. The van der Waals surface area contributed by atoms with Crippen LogP contribution in [0.3, 0.4) is 0 Å². The quantitative estimate of drug-likeness (QED) is 0.660. The Bertz CT molecular complexity index is 1080. The number of hydrogen-bond acceptors (Lipinski definition) is 5. The summed E-state index contributed by atoms with van der Waals surface area (Å²) < 4.78 is 25.1. The molecule has 1 saturated heterocycles. The van der Waals surface area contributed by atoms with Gasteiger partial charge in [-0.2, -0.15) is 5.26 Å². The van der Waals surface area contributed by atoms with Gasteiger partial charge in [0, 0.05) is 12.2 Å². The first-order valence-corrected chi connectivity index (χ1v) is 11.7. The third-order valence-corrected chi connectivity index (χ3v) is 5.87. The number of anilines is 2. The zero-order valence-electron chi connectivity index (χ0n) is 16.7. The minimum atomic E-state index is -3.34. The number of nitriles is 1. The highest BCUT2D eigenvalue weighted by molar-refractivity contribution is 7.92. The van der Waals surface area contributed by atoms with E-state index in [4.69, 9.17) is 16.9 Å². The van der Waals surface area contributed by atoms with E-state index in [-0.39, 0.29) is 18.5 Å². The first kappa shape index (κ1) is 22.1. The lowest BCUT2D eigenvalue weighted by molar-refractivity contribution is -0.120. The molecule has 0 saturated carbocycles. The summed E-state index contributed by atoms with van der Waals surface area (Å²) in [4.78, 5) is 14.7. The Labute approximate surface area is 181 Å². The second-order valence-corrected chi connectivity index (χ2v) is 9.74. The van der Waals surface area contributed by atoms with Crippen LogP contribution in [0.2, 0.25) is 5.02 Å². The number of nitrogens with one attached hydrogen (secondary N) is 2. The van der Waals surface area contributed by atoms with Crippen molar-refractivity contribution in [1.82, 2.24) is 4.90 Å². The summed E-state index contributed by atoms with van der Waals surface area (Å²) in [5, 5.41) is 12.3. The van der Waals surface area contributed by atoms with Gasteiger partial charge in [0.1, 0.15) is 0 Å². The van der Waals surface area contributed by atoms with Gasteiger partial charge in [-0.05, 0) is 47.7 Å². The van der Waals surface area contributed by atoms with Gasteiger partial charge in [-0.3, -0.25) is 14.4 Å². The van der Waals surface area contributed by atoms with E-state index in [1.54, 1.807) is 36.4 Å². The maximum absolute atomic E-state index is 12.8. The van der Waals surface area contributed by atoms with Gasteiger partial charge in [-0.1, -0.05) is 36.7 Å². The fourth-order valence-corrected chi connectivity index (χ4v) is 4.36. The van der Waals surface area contributed by atoms with Crippen molar-refractivity contribution >= 4 is 38.9 Å². The predicted molar refractivity (Wildman–Crippen MR) is 119 cm³/mol. The van der Waals surface area contributed by atoms with Crippen molar-refractivity contribution in [1.29, 1.82) is 5.26 Å². The molecule has 0 aliphatic carbocycles. The summed E-state index contributed by atoms with van der Waals surface area (Å²) in [7, 11) is -3.34. The van der Waals surface area contributed by atoms with Gasteiger partial charge in [0.15, 0.2) is 0 Å². The molecule has 30 heavy (non-hydrogen) atoms. The van der Waals surface area contributed by atoms with Gasteiger partial charge in [-0.25, -0.2) is 8.42 Å². The molecule has 158 valence electrons. The van der Waals surface area contributed by atoms with Gasteiger partial charge in [0.2, 0.25) is 15.9 Å². The third kappa shape index (κ3) is 5.51. The van der Waals surface area contributed by atoms with Crippen LogP contribution in [-0.4, -0.2) is 44.6 Å². The van der Waals surface area contributed by atoms with Crippen molar-refractivity contribution in [3.63, 3.8) is 0 Å². The standard InChI is InChI=1S/C21H23ClN4O3S/c1-14-11-20(26(13-14)10-9-23)21(27)24-19-12-16(5-8-18(19)22)15-3-6-17(7-4-15)25-30(2,28)29/h3-8,12,14,20,25H,10-11,13H2,1-2H3,(H,24,27)/t14-,20-/m0/s1. The normalized spacial score (nSPS) is 19.3. The minimum Gasteiger partial charge on any atom is -0.323 e. The number of hydrogen-bond donors (Lipinski definition) is 2. The second kappa shape index (κ2) is 9.04. The largest absolute Gasteiger partial charge is 0.323 e. The van der Waals surface area contributed by atoms with Gasteiger partial charge >= 0.3 is 0 Å². The van der Waals surface area contributed by atoms with Crippen molar-refractivity contribution in [2.45, 2.75) is 19.4 Å². The summed E-state index contributed by atoms with van der Waals surface area (Å²) in [6, 6.07) is 14.0. The van der Waals surface area contributed by atoms with Crippen LogP contribution in [0.1, 0.15) is 13.3 Å². The summed E-state index contributed by atoms with van der Waals surface area (Å²) in [6.07, 6.45) is 1.79. The van der Waals surface area contributed by atoms with Crippen LogP contribution < -0.4 is 10.0 Å². The number of carbonyl (C=O) groups is 1. The number of halogens is 1. The smallest absolute Gasteiger partial charge is 0.241 e. The fourth-order valence-electron chi connectivity index (χ4n) is 3.63. The van der Waals surface area contributed by atoms with Gasteiger partial charge in [-0.15, -0.1) is 0 Å². The lowest BCUT2D eigenvalue weighted by Gasteiger charge is -2.21. The van der Waals surface area contributed by atoms with E-state index in [0.717, 1.165) is 17.4 Å². The molecular weight excluding hydrogens is 424 g/mol. The van der Waals surface area contributed by atoms with Crippen LogP contribution >= 0.6 is 11.6 Å². The third-order valence-electron chi connectivity index (χ3n) is 4.93. The summed E-state index contributed by atoms with van der Waals surface area (Å²) in [5.74, 6) is 0.163. The molecule has 0 bridgehead atoms. The first-order chi connectivity index (χ1) is 14.2. The Balaban J connectivity index is 1.78. The van der Waals surface area contributed by atoms with Gasteiger partial charge < -0.3 is 5.32 Å². The van der Waals surface area contributed by atoms with E-state index in [9.17, 15) is 13.2 Å². The number of nitrogens with zero attached hydrogens (tertiary/aromatic N) is 2. The number of amides is 1. The lowest BCUT2D eigenvalue weighted by Crippen LogP contribution is -2.39. The molecule has 1 aliphatic heterocycles. The molecule has 0 radical (unpaired) electrons.